The van der Waals surface area contributed by atoms with Gasteiger partial charge in [0.1, 0.15) is 6.61 Å². The molecular weight excluding hydrogens is 470 g/mol. The summed E-state index contributed by atoms with van der Waals surface area (Å²) in [6.07, 6.45) is 0.913. The number of methoxy groups -OCH3 is 2. The third-order valence-electron chi connectivity index (χ3n) is 6.45. The van der Waals surface area contributed by atoms with Crippen molar-refractivity contribution in [3.05, 3.63) is 81.2 Å². The number of allylic oxidation sites excluding steroid dienone is 3. The van der Waals surface area contributed by atoms with E-state index in [0.29, 0.717) is 40.3 Å². The van der Waals surface area contributed by atoms with Gasteiger partial charge in [-0.3, -0.25) is 4.79 Å². The summed E-state index contributed by atoms with van der Waals surface area (Å²) < 4.78 is 15.8. The van der Waals surface area contributed by atoms with E-state index >= 15 is 0 Å². The van der Waals surface area contributed by atoms with Gasteiger partial charge in [-0.15, -0.1) is 0 Å². The lowest BCUT2D eigenvalue weighted by Crippen LogP contribution is -2.36. The van der Waals surface area contributed by atoms with Gasteiger partial charge in [0.05, 0.1) is 19.3 Å². The van der Waals surface area contributed by atoms with Crippen molar-refractivity contribution in [1.82, 2.24) is 5.32 Å². The minimum absolute atomic E-state index is 0.0102. The number of Topliss-reactive ketones (excluding diaryl/α,β-unsaturated/α-hetero) is 1. The first-order valence-corrected chi connectivity index (χ1v) is 11.7. The van der Waals surface area contributed by atoms with Gasteiger partial charge in [0.2, 0.25) is 0 Å². The van der Waals surface area contributed by atoms with Gasteiger partial charge >= 0.3 is 5.97 Å². The highest BCUT2D eigenvalue weighted by atomic mass is 35.5. The largest absolute Gasteiger partial charge is 0.504 e. The first-order valence-electron chi connectivity index (χ1n) is 11.4. The Morgan fingerprint density at radius 1 is 1.09 bits per heavy atom. The molecule has 2 aliphatic rings. The summed E-state index contributed by atoms with van der Waals surface area (Å²) in [4.78, 5) is 26.8. The number of hydrogen-bond donors (Lipinski definition) is 2. The molecule has 7 nitrogen and oxygen atoms in total. The van der Waals surface area contributed by atoms with Crippen LogP contribution in [-0.4, -0.2) is 44.3 Å². The van der Waals surface area contributed by atoms with Crippen LogP contribution in [0.1, 0.15) is 42.7 Å². The average molecular weight is 498 g/mol. The molecule has 35 heavy (non-hydrogen) atoms. The lowest BCUT2D eigenvalue weighted by Gasteiger charge is -2.36. The zero-order chi connectivity index (χ0) is 25.1. The van der Waals surface area contributed by atoms with Crippen molar-refractivity contribution in [2.45, 2.75) is 31.6 Å². The number of phenols is 1. The number of hydrogen-bond acceptors (Lipinski definition) is 7. The normalized spacial score (nSPS) is 19.8. The van der Waals surface area contributed by atoms with Crippen molar-refractivity contribution in [3.8, 4) is 11.5 Å². The Morgan fingerprint density at radius 3 is 2.49 bits per heavy atom. The van der Waals surface area contributed by atoms with Gasteiger partial charge in [0, 0.05) is 41.4 Å². The van der Waals surface area contributed by atoms with Crippen molar-refractivity contribution in [2.24, 2.45) is 0 Å². The summed E-state index contributed by atoms with van der Waals surface area (Å²) in [6, 6.07) is 12.4. The third-order valence-corrected chi connectivity index (χ3v) is 6.70. The molecule has 0 amide bonds. The second-order valence-corrected chi connectivity index (χ2v) is 9.07. The highest BCUT2D eigenvalue weighted by Gasteiger charge is 2.41. The van der Waals surface area contributed by atoms with Gasteiger partial charge in [0.15, 0.2) is 17.3 Å². The molecule has 2 aromatic carbocycles. The van der Waals surface area contributed by atoms with Crippen LogP contribution in [0.25, 0.3) is 0 Å². The maximum absolute atomic E-state index is 13.6. The van der Waals surface area contributed by atoms with Crippen LogP contribution in [0.2, 0.25) is 5.02 Å². The highest BCUT2D eigenvalue weighted by molar-refractivity contribution is 6.30. The van der Waals surface area contributed by atoms with E-state index in [2.05, 4.69) is 5.32 Å². The fourth-order valence-electron chi connectivity index (χ4n) is 4.78. The molecule has 0 unspecified atom stereocenters. The Kier molecular flexibility index (Phi) is 7.48. The topological polar surface area (TPSA) is 94.1 Å². The molecule has 0 radical (unpaired) electrons. The molecule has 1 aliphatic heterocycles. The predicted molar refractivity (Wildman–Crippen MR) is 132 cm³/mol. The minimum Gasteiger partial charge on any atom is -0.504 e. The maximum atomic E-state index is 13.6. The highest BCUT2D eigenvalue weighted by Crippen LogP contribution is 2.47. The minimum atomic E-state index is -0.658. The zero-order valence-electron chi connectivity index (χ0n) is 19.9. The smallest absolute Gasteiger partial charge is 0.336 e. The number of halogens is 1. The SMILES string of the molecule is COCCOC(=O)C1=C(C)NC2=C(C(=O)C[C@H](c3ccc(Cl)cc3)C2)[C@@H]1c1ccc(O)c(OC)c1. The number of aromatic hydroxyl groups is 1. The number of ketones is 1. The first-order chi connectivity index (χ1) is 16.8. The van der Waals surface area contributed by atoms with Gasteiger partial charge in [-0.2, -0.15) is 0 Å². The van der Waals surface area contributed by atoms with Gasteiger partial charge in [0.25, 0.3) is 0 Å². The van der Waals surface area contributed by atoms with Crippen LogP contribution in [0, 0.1) is 0 Å². The number of nitrogens with one attached hydrogen (secondary N) is 1. The molecule has 1 aliphatic carbocycles. The van der Waals surface area contributed by atoms with E-state index in [1.54, 1.807) is 19.1 Å². The summed E-state index contributed by atoms with van der Waals surface area (Å²) in [6.45, 7) is 2.16. The molecule has 0 spiro atoms. The zero-order valence-corrected chi connectivity index (χ0v) is 20.6. The lowest BCUT2D eigenvalue weighted by atomic mass is 9.71. The Labute approximate surface area is 209 Å². The number of dihydropyridines is 1. The maximum Gasteiger partial charge on any atom is 0.336 e. The van der Waals surface area contributed by atoms with Crippen molar-refractivity contribution in [3.63, 3.8) is 0 Å². The standard InChI is InChI=1S/C27H28ClNO6/c1-15-24(27(32)35-11-10-33-2)25(17-6-9-21(30)23(14-17)34-3)26-20(29-15)12-18(13-22(26)31)16-4-7-19(28)8-5-16/h4-9,14,18,25,29-30H,10-13H2,1-3H3/t18-,25-/m1/s1. The molecule has 184 valence electrons. The number of carbonyl (C=O) groups excluding carboxylic acids is 2. The summed E-state index contributed by atoms with van der Waals surface area (Å²) in [5, 5.41) is 14.1. The molecule has 8 heteroatoms. The van der Waals surface area contributed by atoms with Crippen LogP contribution in [0.15, 0.2) is 65.0 Å². The molecule has 0 aromatic heterocycles. The second-order valence-electron chi connectivity index (χ2n) is 8.63. The lowest BCUT2D eigenvalue weighted by molar-refractivity contribution is -0.140. The molecule has 0 saturated carbocycles. The van der Waals surface area contributed by atoms with E-state index in [4.69, 9.17) is 25.8 Å². The van der Waals surface area contributed by atoms with E-state index in [9.17, 15) is 14.7 Å². The fourth-order valence-corrected chi connectivity index (χ4v) is 4.91. The van der Waals surface area contributed by atoms with Crippen LogP contribution in [0.3, 0.4) is 0 Å². The van der Waals surface area contributed by atoms with Crippen molar-refractivity contribution >= 4 is 23.4 Å². The number of ether oxygens (including phenoxy) is 3. The summed E-state index contributed by atoms with van der Waals surface area (Å²) >= 11 is 6.05. The molecule has 0 fully saturated rings. The first kappa shape index (κ1) is 24.8. The summed E-state index contributed by atoms with van der Waals surface area (Å²) in [7, 11) is 2.98. The predicted octanol–water partition coefficient (Wildman–Crippen LogP) is 4.61. The van der Waals surface area contributed by atoms with Crippen LogP contribution in [-0.2, 0) is 19.1 Å². The van der Waals surface area contributed by atoms with Gasteiger partial charge in [-0.1, -0.05) is 29.8 Å². The molecular formula is C27H28ClNO6. The number of esters is 1. The number of rotatable bonds is 7. The molecule has 4 rings (SSSR count). The van der Waals surface area contributed by atoms with Crippen molar-refractivity contribution in [1.29, 1.82) is 0 Å². The van der Waals surface area contributed by atoms with Crippen LogP contribution in [0.4, 0.5) is 0 Å². The molecule has 0 bridgehead atoms. The molecule has 2 aromatic rings. The molecule has 2 N–H and O–H groups in total. The molecule has 2 atom stereocenters. The number of phenolic OH excluding ortho intramolecular Hbond substituents is 1. The van der Waals surface area contributed by atoms with E-state index in [1.165, 1.54) is 20.3 Å². The number of benzene rings is 2. The molecule has 1 heterocycles. The van der Waals surface area contributed by atoms with Gasteiger partial charge in [-0.05, 0) is 54.7 Å². The van der Waals surface area contributed by atoms with Crippen LogP contribution in [0.5, 0.6) is 11.5 Å². The Hall–Kier alpha value is -3.29. The number of carbonyl (C=O) groups is 2. The van der Waals surface area contributed by atoms with E-state index in [0.717, 1.165) is 11.3 Å². The van der Waals surface area contributed by atoms with Gasteiger partial charge < -0.3 is 24.6 Å². The second kappa shape index (κ2) is 10.5. The molecule has 0 saturated heterocycles. The van der Waals surface area contributed by atoms with E-state index in [1.807, 2.05) is 24.3 Å². The average Bonchev–Trinajstić information content (AvgIpc) is 2.84. The van der Waals surface area contributed by atoms with Crippen molar-refractivity contribution in [2.75, 3.05) is 27.4 Å². The summed E-state index contributed by atoms with van der Waals surface area (Å²) in [5.74, 6) is -1.01. The summed E-state index contributed by atoms with van der Waals surface area (Å²) in [5.41, 5.74) is 3.98. The van der Waals surface area contributed by atoms with Gasteiger partial charge in [-0.25, -0.2) is 4.79 Å². The van der Waals surface area contributed by atoms with Crippen LogP contribution < -0.4 is 10.1 Å². The monoisotopic (exact) mass is 497 g/mol. The Morgan fingerprint density at radius 2 is 1.80 bits per heavy atom. The van der Waals surface area contributed by atoms with E-state index < -0.39 is 11.9 Å². The third kappa shape index (κ3) is 5.06. The van der Waals surface area contributed by atoms with Crippen molar-refractivity contribution < 1.29 is 28.9 Å². The Balaban J connectivity index is 1.77. The Bertz CT molecular complexity index is 1200. The fraction of sp³-hybridized carbons (Fsp3) is 0.333. The van der Waals surface area contributed by atoms with E-state index in [-0.39, 0.29) is 36.4 Å². The van der Waals surface area contributed by atoms with Crippen LogP contribution >= 0.6 is 11.6 Å². The quantitative estimate of drug-likeness (QED) is 0.426.